The fraction of sp³-hybridized carbons (Fsp3) is 0.214. The topological polar surface area (TPSA) is 49.8 Å². The average molecular weight is 278 g/mol. The molecule has 0 saturated heterocycles. The van der Waals surface area contributed by atoms with Crippen LogP contribution in [0, 0.1) is 0 Å². The first-order chi connectivity index (χ1) is 9.08. The van der Waals surface area contributed by atoms with E-state index in [2.05, 4.69) is 0 Å². The fourth-order valence-corrected chi connectivity index (χ4v) is 2.65. The second kappa shape index (κ2) is 4.31. The minimum atomic E-state index is -1.01. The molecule has 1 heterocycles. The first-order valence-corrected chi connectivity index (χ1v) is 6.28. The van der Waals surface area contributed by atoms with Gasteiger partial charge in [0.15, 0.2) is 6.23 Å². The molecule has 5 heteroatoms. The molecule has 4 nitrogen and oxygen atoms in total. The molecule has 0 radical (unpaired) electrons. The molecule has 0 aliphatic carbocycles. The third-order valence-electron chi connectivity index (χ3n) is 3.40. The number of halogens is 1. The summed E-state index contributed by atoms with van der Waals surface area (Å²) < 4.78 is 5.78. The van der Waals surface area contributed by atoms with Crippen molar-refractivity contribution in [3.05, 3.63) is 40.9 Å². The Balaban J connectivity index is 2.08. The van der Waals surface area contributed by atoms with Gasteiger partial charge in [-0.15, -0.1) is 0 Å². The monoisotopic (exact) mass is 277 g/mol. The number of rotatable bonds is 1. The van der Waals surface area contributed by atoms with Crippen molar-refractivity contribution in [2.24, 2.45) is 0 Å². The molecule has 1 amide bonds. The van der Waals surface area contributed by atoms with E-state index >= 15 is 0 Å². The first kappa shape index (κ1) is 12.1. The third kappa shape index (κ3) is 1.88. The van der Waals surface area contributed by atoms with E-state index in [0.29, 0.717) is 11.4 Å². The lowest BCUT2D eigenvalue weighted by Crippen LogP contribution is -2.38. The summed E-state index contributed by atoms with van der Waals surface area (Å²) in [6.07, 6.45) is -0.981. The van der Waals surface area contributed by atoms with E-state index in [1.807, 2.05) is 30.3 Å². The molecule has 0 aromatic heterocycles. The summed E-state index contributed by atoms with van der Waals surface area (Å²) in [5.41, 5.74) is 0.946. The van der Waals surface area contributed by atoms with Crippen molar-refractivity contribution in [1.82, 2.24) is 4.90 Å². The molecule has 0 bridgehead atoms. The number of benzene rings is 2. The molecule has 1 unspecified atom stereocenters. The molecule has 2 aromatic rings. The Morgan fingerprint density at radius 3 is 2.79 bits per heavy atom. The normalized spacial score (nSPS) is 17.1. The Hall–Kier alpha value is -1.94. The highest BCUT2D eigenvalue weighted by molar-refractivity contribution is 6.36. The molecule has 1 atom stereocenters. The maximum Gasteiger partial charge on any atom is 0.409 e. The van der Waals surface area contributed by atoms with Gasteiger partial charge in [0.25, 0.3) is 0 Å². The van der Waals surface area contributed by atoms with Gasteiger partial charge in [0, 0.05) is 34.8 Å². The molecule has 3 rings (SSSR count). The van der Waals surface area contributed by atoms with Crippen LogP contribution in [-0.2, 0) is 6.42 Å². The van der Waals surface area contributed by atoms with Crippen LogP contribution in [0.4, 0.5) is 4.79 Å². The van der Waals surface area contributed by atoms with E-state index < -0.39 is 12.3 Å². The van der Waals surface area contributed by atoms with Crippen molar-refractivity contribution in [2.45, 2.75) is 12.6 Å². The summed E-state index contributed by atoms with van der Waals surface area (Å²) >= 11 is 6.25. The van der Waals surface area contributed by atoms with Gasteiger partial charge in [-0.05, 0) is 6.07 Å². The van der Waals surface area contributed by atoms with Crippen LogP contribution in [0.3, 0.4) is 0 Å². The first-order valence-electron chi connectivity index (χ1n) is 5.90. The highest BCUT2D eigenvalue weighted by atomic mass is 35.5. The van der Waals surface area contributed by atoms with Crippen LogP contribution in [0.15, 0.2) is 30.3 Å². The van der Waals surface area contributed by atoms with Crippen LogP contribution >= 0.6 is 11.6 Å². The minimum Gasteiger partial charge on any atom is -0.469 e. The quantitative estimate of drug-likeness (QED) is 0.869. The number of likely N-dealkylation sites (N-methyl/N-ethyl adjacent to an activating group) is 1. The number of nitrogens with zero attached hydrogens (tertiary/aromatic N) is 1. The summed E-state index contributed by atoms with van der Waals surface area (Å²) in [4.78, 5) is 12.2. The van der Waals surface area contributed by atoms with Crippen LogP contribution < -0.4 is 4.74 Å². The maximum absolute atomic E-state index is 11.0. The highest BCUT2D eigenvalue weighted by Crippen LogP contribution is 2.40. The number of hydrogen-bond donors (Lipinski definition) is 1. The third-order valence-corrected chi connectivity index (χ3v) is 3.72. The zero-order valence-electron chi connectivity index (χ0n) is 10.3. The van der Waals surface area contributed by atoms with Gasteiger partial charge in [0.2, 0.25) is 0 Å². The smallest absolute Gasteiger partial charge is 0.409 e. The molecule has 1 N–H and O–H groups in total. The number of ether oxygens (including phenoxy) is 1. The average Bonchev–Trinajstić information content (AvgIpc) is 2.82. The van der Waals surface area contributed by atoms with Gasteiger partial charge in [-0.2, -0.15) is 0 Å². The van der Waals surface area contributed by atoms with Crippen molar-refractivity contribution < 1.29 is 14.6 Å². The molecule has 1 aliphatic heterocycles. The number of amides is 1. The zero-order chi connectivity index (χ0) is 13.6. The van der Waals surface area contributed by atoms with Gasteiger partial charge in [-0.1, -0.05) is 35.9 Å². The number of fused-ring (bicyclic) bond motifs is 3. The van der Waals surface area contributed by atoms with Gasteiger partial charge < -0.3 is 9.84 Å². The Morgan fingerprint density at radius 1 is 1.42 bits per heavy atom. The largest absolute Gasteiger partial charge is 0.469 e. The van der Waals surface area contributed by atoms with Crippen molar-refractivity contribution in [2.75, 3.05) is 7.05 Å². The van der Waals surface area contributed by atoms with Crippen molar-refractivity contribution in [3.8, 4) is 5.75 Å². The highest BCUT2D eigenvalue weighted by Gasteiger charge is 2.30. The zero-order valence-corrected chi connectivity index (χ0v) is 11.0. The van der Waals surface area contributed by atoms with Crippen LogP contribution in [0.5, 0.6) is 5.75 Å². The van der Waals surface area contributed by atoms with E-state index in [9.17, 15) is 4.79 Å². The van der Waals surface area contributed by atoms with Gasteiger partial charge in [0.05, 0.1) is 0 Å². The molecular formula is C14H12ClNO3. The Labute approximate surface area is 115 Å². The lowest BCUT2D eigenvalue weighted by atomic mass is 10.0. The Morgan fingerprint density at radius 2 is 2.11 bits per heavy atom. The molecule has 0 spiro atoms. The molecule has 98 valence electrons. The van der Waals surface area contributed by atoms with Crippen molar-refractivity contribution >= 4 is 28.5 Å². The molecule has 19 heavy (non-hydrogen) atoms. The second-order valence-corrected chi connectivity index (χ2v) is 4.97. The van der Waals surface area contributed by atoms with Crippen LogP contribution in [0.2, 0.25) is 5.02 Å². The van der Waals surface area contributed by atoms with Crippen LogP contribution in [0.25, 0.3) is 10.8 Å². The predicted molar refractivity (Wildman–Crippen MR) is 72.9 cm³/mol. The number of carboxylic acid groups (broad SMARTS) is 1. The Bertz CT molecular complexity index is 671. The van der Waals surface area contributed by atoms with Crippen LogP contribution in [0.1, 0.15) is 5.56 Å². The fourth-order valence-electron chi connectivity index (χ4n) is 2.35. The summed E-state index contributed by atoms with van der Waals surface area (Å²) in [5, 5.41) is 11.5. The molecular weight excluding hydrogens is 266 g/mol. The van der Waals surface area contributed by atoms with Gasteiger partial charge in [-0.3, -0.25) is 4.90 Å². The van der Waals surface area contributed by atoms with E-state index in [-0.39, 0.29) is 0 Å². The SMILES string of the molecule is CN(C(=O)O)C1Cc2cc(Cl)c3ccccc3c2O1. The molecule has 2 aromatic carbocycles. The predicted octanol–water partition coefficient (Wildman–Crippen LogP) is 3.36. The van der Waals surface area contributed by atoms with E-state index in [1.165, 1.54) is 11.9 Å². The van der Waals surface area contributed by atoms with Crippen LogP contribution in [-0.4, -0.2) is 29.4 Å². The lowest BCUT2D eigenvalue weighted by molar-refractivity contribution is 0.0615. The van der Waals surface area contributed by atoms with Gasteiger partial charge in [-0.25, -0.2) is 4.79 Å². The standard InChI is InChI=1S/C14H12ClNO3/c1-16(14(17)18)12-7-8-6-11(15)9-4-2-3-5-10(9)13(8)19-12/h2-6,12H,7H2,1H3,(H,17,18). The summed E-state index contributed by atoms with van der Waals surface area (Å²) in [6.45, 7) is 0. The maximum atomic E-state index is 11.0. The minimum absolute atomic E-state index is 0.491. The summed E-state index contributed by atoms with van der Waals surface area (Å²) in [6, 6.07) is 9.54. The van der Waals surface area contributed by atoms with Gasteiger partial charge in [0.1, 0.15) is 5.75 Å². The molecule has 0 saturated carbocycles. The van der Waals surface area contributed by atoms with Crippen molar-refractivity contribution in [3.63, 3.8) is 0 Å². The summed E-state index contributed by atoms with van der Waals surface area (Å²) in [5.74, 6) is 0.734. The molecule has 0 fully saturated rings. The number of hydrogen-bond acceptors (Lipinski definition) is 2. The second-order valence-electron chi connectivity index (χ2n) is 4.56. The van der Waals surface area contributed by atoms with Crippen molar-refractivity contribution in [1.29, 1.82) is 0 Å². The molecule has 1 aliphatic rings. The van der Waals surface area contributed by atoms with E-state index in [0.717, 1.165) is 22.1 Å². The Kier molecular flexibility index (Phi) is 2.75. The number of carbonyl (C=O) groups is 1. The van der Waals surface area contributed by atoms with E-state index in [4.69, 9.17) is 21.4 Å². The van der Waals surface area contributed by atoms with E-state index in [1.54, 1.807) is 0 Å². The van der Waals surface area contributed by atoms with Gasteiger partial charge >= 0.3 is 6.09 Å². The summed E-state index contributed by atoms with van der Waals surface area (Å²) in [7, 11) is 1.50. The lowest BCUT2D eigenvalue weighted by Gasteiger charge is -2.20.